The van der Waals surface area contributed by atoms with Crippen molar-refractivity contribution < 1.29 is 9.53 Å². The van der Waals surface area contributed by atoms with E-state index in [-0.39, 0.29) is 5.78 Å². The summed E-state index contributed by atoms with van der Waals surface area (Å²) in [6.45, 7) is 5.88. The van der Waals surface area contributed by atoms with Gasteiger partial charge in [-0.25, -0.2) is 0 Å². The normalized spacial score (nSPS) is 10.5. The third-order valence-corrected chi connectivity index (χ3v) is 3.53. The number of hydrogen-bond donors (Lipinski definition) is 2. The average molecular weight is 258 g/mol. The molecular weight excluding hydrogens is 240 g/mol. The van der Waals surface area contributed by atoms with E-state index in [1.54, 1.807) is 18.2 Å². The third kappa shape index (κ3) is 2.10. The van der Waals surface area contributed by atoms with E-state index in [9.17, 15) is 4.79 Å². The molecule has 4 nitrogen and oxygen atoms in total. The third-order valence-electron chi connectivity index (χ3n) is 3.53. The molecule has 0 spiro atoms. The van der Waals surface area contributed by atoms with Gasteiger partial charge in [-0.05, 0) is 44.0 Å². The Hall–Kier alpha value is -2.23. The highest BCUT2D eigenvalue weighted by Gasteiger charge is 2.20. The number of rotatable bonds is 3. The van der Waals surface area contributed by atoms with Crippen LogP contribution in [0.25, 0.3) is 0 Å². The van der Waals surface area contributed by atoms with Crippen LogP contribution in [0.5, 0.6) is 5.75 Å². The van der Waals surface area contributed by atoms with Gasteiger partial charge in [0.25, 0.3) is 0 Å². The second-order valence-electron chi connectivity index (χ2n) is 4.63. The van der Waals surface area contributed by atoms with Crippen LogP contribution >= 0.6 is 0 Å². The van der Waals surface area contributed by atoms with Crippen LogP contribution in [0, 0.1) is 20.8 Å². The van der Waals surface area contributed by atoms with E-state index in [0.29, 0.717) is 22.7 Å². The van der Waals surface area contributed by atoms with Crippen LogP contribution in [-0.2, 0) is 0 Å². The highest BCUT2D eigenvalue weighted by molar-refractivity contribution is 6.11. The van der Waals surface area contributed by atoms with E-state index in [0.717, 1.165) is 16.8 Å². The first-order valence-electron chi connectivity index (χ1n) is 6.10. The lowest BCUT2D eigenvalue weighted by atomic mass is 10.0. The van der Waals surface area contributed by atoms with Crippen LogP contribution in [-0.4, -0.2) is 17.9 Å². The number of aromatic amines is 1. The van der Waals surface area contributed by atoms with Gasteiger partial charge in [0.2, 0.25) is 5.78 Å². The second kappa shape index (κ2) is 4.80. The minimum absolute atomic E-state index is 0.0992. The molecule has 0 aliphatic rings. The molecule has 0 atom stereocenters. The molecule has 19 heavy (non-hydrogen) atoms. The average Bonchev–Trinajstić information content (AvgIpc) is 2.65. The number of hydrogen-bond acceptors (Lipinski definition) is 3. The quantitative estimate of drug-likeness (QED) is 0.657. The lowest BCUT2D eigenvalue weighted by Crippen LogP contribution is -2.07. The summed E-state index contributed by atoms with van der Waals surface area (Å²) in [5.74, 6) is 0.328. The van der Waals surface area contributed by atoms with Gasteiger partial charge in [0.05, 0.1) is 24.1 Å². The van der Waals surface area contributed by atoms with E-state index in [4.69, 9.17) is 10.5 Å². The number of nitrogens with one attached hydrogen (secondary N) is 1. The van der Waals surface area contributed by atoms with Crippen molar-refractivity contribution in [1.29, 1.82) is 0 Å². The minimum atomic E-state index is -0.0992. The molecular formula is C15H18N2O2. The number of ketones is 1. The molecule has 0 radical (unpaired) electrons. The maximum atomic E-state index is 12.6. The van der Waals surface area contributed by atoms with Crippen molar-refractivity contribution in [2.24, 2.45) is 0 Å². The molecule has 0 saturated heterocycles. The van der Waals surface area contributed by atoms with Crippen LogP contribution < -0.4 is 10.5 Å². The molecule has 2 aromatic rings. The first kappa shape index (κ1) is 13.2. The zero-order valence-corrected chi connectivity index (χ0v) is 11.6. The van der Waals surface area contributed by atoms with E-state index in [1.165, 1.54) is 7.11 Å². The van der Waals surface area contributed by atoms with Gasteiger partial charge in [-0.3, -0.25) is 4.79 Å². The van der Waals surface area contributed by atoms with Gasteiger partial charge in [-0.2, -0.15) is 0 Å². The highest BCUT2D eigenvalue weighted by atomic mass is 16.5. The number of para-hydroxylation sites is 1. The van der Waals surface area contributed by atoms with Crippen molar-refractivity contribution in [3.63, 3.8) is 0 Å². The standard InChI is InChI=1S/C15H18N2O2/c1-8-9(2)13(17-10(8)3)14(18)11-6-5-7-12(16)15(11)19-4/h5-7,17H,16H2,1-4H3. The number of aryl methyl sites for hydroxylation is 1. The number of carbonyl (C=O) groups is 1. The number of methoxy groups -OCH3 is 1. The Kier molecular flexibility index (Phi) is 3.34. The number of H-pyrrole nitrogens is 1. The molecule has 0 saturated carbocycles. The maximum absolute atomic E-state index is 12.6. The zero-order valence-electron chi connectivity index (χ0n) is 11.6. The van der Waals surface area contributed by atoms with Crippen LogP contribution in [0.15, 0.2) is 18.2 Å². The molecule has 2 rings (SSSR count). The Morgan fingerprint density at radius 3 is 2.42 bits per heavy atom. The maximum Gasteiger partial charge on any atom is 0.213 e. The number of nitrogen functional groups attached to an aromatic ring is 1. The van der Waals surface area contributed by atoms with Crippen molar-refractivity contribution in [3.8, 4) is 5.75 Å². The largest absolute Gasteiger partial charge is 0.494 e. The van der Waals surface area contributed by atoms with Gasteiger partial charge in [0.1, 0.15) is 0 Å². The van der Waals surface area contributed by atoms with Gasteiger partial charge < -0.3 is 15.5 Å². The van der Waals surface area contributed by atoms with Crippen LogP contribution in [0.2, 0.25) is 0 Å². The predicted octanol–water partition coefficient (Wildman–Crippen LogP) is 2.76. The van der Waals surface area contributed by atoms with Gasteiger partial charge >= 0.3 is 0 Å². The molecule has 0 bridgehead atoms. The molecule has 0 aliphatic carbocycles. The molecule has 3 N–H and O–H groups in total. The molecule has 0 aliphatic heterocycles. The van der Waals surface area contributed by atoms with E-state index >= 15 is 0 Å². The highest BCUT2D eigenvalue weighted by Crippen LogP contribution is 2.29. The summed E-state index contributed by atoms with van der Waals surface area (Å²) in [6, 6.07) is 5.19. The van der Waals surface area contributed by atoms with Crippen molar-refractivity contribution in [2.75, 3.05) is 12.8 Å². The number of anilines is 1. The van der Waals surface area contributed by atoms with Gasteiger partial charge in [0, 0.05) is 5.69 Å². The summed E-state index contributed by atoms with van der Waals surface area (Å²) in [5.41, 5.74) is 10.4. The summed E-state index contributed by atoms with van der Waals surface area (Å²) in [5, 5.41) is 0. The van der Waals surface area contributed by atoms with Gasteiger partial charge in [-0.15, -0.1) is 0 Å². The number of ether oxygens (including phenoxy) is 1. The Morgan fingerprint density at radius 1 is 1.21 bits per heavy atom. The van der Waals surface area contributed by atoms with Crippen LogP contribution in [0.4, 0.5) is 5.69 Å². The van der Waals surface area contributed by atoms with Gasteiger partial charge in [-0.1, -0.05) is 6.07 Å². The first-order chi connectivity index (χ1) is 8.97. The van der Waals surface area contributed by atoms with E-state index < -0.39 is 0 Å². The topological polar surface area (TPSA) is 68.1 Å². The Labute approximate surface area is 112 Å². The SMILES string of the molecule is COc1c(N)cccc1C(=O)c1[nH]c(C)c(C)c1C. The monoisotopic (exact) mass is 258 g/mol. The molecule has 0 unspecified atom stereocenters. The molecule has 1 aromatic heterocycles. The predicted molar refractivity (Wildman–Crippen MR) is 75.8 cm³/mol. The van der Waals surface area contributed by atoms with E-state index in [1.807, 2.05) is 20.8 Å². The van der Waals surface area contributed by atoms with Crippen molar-refractivity contribution >= 4 is 11.5 Å². The number of nitrogens with two attached hydrogens (primary N) is 1. The summed E-state index contributed by atoms with van der Waals surface area (Å²) in [4.78, 5) is 15.7. The number of carbonyl (C=O) groups excluding carboxylic acids is 1. The molecule has 100 valence electrons. The summed E-state index contributed by atoms with van der Waals surface area (Å²) in [7, 11) is 1.51. The van der Waals surface area contributed by atoms with Crippen LogP contribution in [0.1, 0.15) is 32.9 Å². The first-order valence-corrected chi connectivity index (χ1v) is 6.10. The summed E-state index contributed by atoms with van der Waals surface area (Å²) in [6.07, 6.45) is 0. The fraction of sp³-hybridized carbons (Fsp3) is 0.267. The van der Waals surface area contributed by atoms with Crippen LogP contribution in [0.3, 0.4) is 0 Å². The Morgan fingerprint density at radius 2 is 1.89 bits per heavy atom. The lowest BCUT2D eigenvalue weighted by molar-refractivity contribution is 0.103. The Bertz CT molecular complexity index is 642. The molecule has 0 fully saturated rings. The minimum Gasteiger partial charge on any atom is -0.494 e. The lowest BCUT2D eigenvalue weighted by Gasteiger charge is -2.09. The number of benzene rings is 1. The van der Waals surface area contributed by atoms with Crippen molar-refractivity contribution in [3.05, 3.63) is 46.3 Å². The summed E-state index contributed by atoms with van der Waals surface area (Å²) >= 11 is 0. The molecule has 0 amide bonds. The zero-order chi connectivity index (χ0) is 14.2. The fourth-order valence-electron chi connectivity index (χ4n) is 2.17. The Balaban J connectivity index is 2.56. The second-order valence-corrected chi connectivity index (χ2v) is 4.63. The fourth-order valence-corrected chi connectivity index (χ4v) is 2.17. The molecule has 1 heterocycles. The number of aromatic nitrogens is 1. The molecule has 1 aromatic carbocycles. The van der Waals surface area contributed by atoms with Crippen molar-refractivity contribution in [2.45, 2.75) is 20.8 Å². The van der Waals surface area contributed by atoms with Crippen molar-refractivity contribution in [1.82, 2.24) is 4.98 Å². The van der Waals surface area contributed by atoms with Gasteiger partial charge in [0.15, 0.2) is 5.75 Å². The smallest absolute Gasteiger partial charge is 0.213 e. The molecule has 4 heteroatoms. The summed E-state index contributed by atoms with van der Waals surface area (Å²) < 4.78 is 5.24. The van der Waals surface area contributed by atoms with E-state index in [2.05, 4.69) is 4.98 Å².